The molecule has 0 fully saturated rings. The van der Waals surface area contributed by atoms with Gasteiger partial charge in [-0.3, -0.25) is 0 Å². The maximum atomic E-state index is 10.7. The highest BCUT2D eigenvalue weighted by Gasteiger charge is 2.33. The lowest BCUT2D eigenvalue weighted by Crippen LogP contribution is -2.35. The molecule has 3 rings (SSSR count). The van der Waals surface area contributed by atoms with Crippen molar-refractivity contribution in [1.82, 2.24) is 0 Å². The molecule has 102 valence electrons. The van der Waals surface area contributed by atoms with Crippen LogP contribution in [0, 0.1) is 0 Å². The van der Waals surface area contributed by atoms with Crippen molar-refractivity contribution in [2.75, 3.05) is 0 Å². The number of thiophene rings is 1. The highest BCUT2D eigenvalue weighted by molar-refractivity contribution is 7.10. The Bertz CT molecular complexity index is 713. The first-order valence-electron chi connectivity index (χ1n) is 6.80. The maximum absolute atomic E-state index is 10.7. The van der Waals surface area contributed by atoms with Gasteiger partial charge in [0.15, 0.2) is 8.32 Å². The fraction of sp³-hybridized carbons (Fsp3) is 0.176. The first-order chi connectivity index (χ1) is 9.55. The van der Waals surface area contributed by atoms with Crippen LogP contribution in [0.2, 0.25) is 13.1 Å². The van der Waals surface area contributed by atoms with E-state index in [9.17, 15) is 4.80 Å². The summed E-state index contributed by atoms with van der Waals surface area (Å²) in [6.07, 6.45) is 0. The van der Waals surface area contributed by atoms with E-state index in [0.29, 0.717) is 0 Å². The normalized spacial score (nSPS) is 13.6. The Hall–Kier alpha value is -1.42. The highest BCUT2D eigenvalue weighted by Crippen LogP contribution is 2.36. The van der Waals surface area contributed by atoms with Crippen LogP contribution in [0.5, 0.6) is 0 Å². The summed E-state index contributed by atoms with van der Waals surface area (Å²) in [4.78, 5) is 12.0. The third kappa shape index (κ3) is 2.57. The molecular formula is C17H18OSSi. The molecule has 0 amide bonds. The van der Waals surface area contributed by atoms with Crippen LogP contribution in [-0.4, -0.2) is 13.1 Å². The molecule has 0 saturated heterocycles. The van der Waals surface area contributed by atoms with Crippen molar-refractivity contribution in [2.45, 2.75) is 18.6 Å². The summed E-state index contributed by atoms with van der Waals surface area (Å²) in [5.74, 6) is 0. The number of fused-ring (bicyclic) bond motifs is 1. The van der Waals surface area contributed by atoms with Crippen molar-refractivity contribution < 1.29 is 4.80 Å². The lowest BCUT2D eigenvalue weighted by Gasteiger charge is -2.27. The second-order valence-electron chi connectivity index (χ2n) is 5.71. The predicted octanol–water partition coefficient (Wildman–Crippen LogP) is 4.77. The van der Waals surface area contributed by atoms with Gasteiger partial charge in [-0.05, 0) is 40.9 Å². The summed E-state index contributed by atoms with van der Waals surface area (Å²) in [6, 6.07) is 19.1. The number of hydrogen-bond acceptors (Lipinski definition) is 2. The van der Waals surface area contributed by atoms with Crippen molar-refractivity contribution in [1.29, 1.82) is 0 Å². The molecule has 1 heterocycles. The van der Waals surface area contributed by atoms with E-state index < -0.39 is 8.32 Å². The van der Waals surface area contributed by atoms with Crippen LogP contribution in [0.25, 0.3) is 10.8 Å². The van der Waals surface area contributed by atoms with Crippen molar-refractivity contribution in [3.05, 3.63) is 70.4 Å². The van der Waals surface area contributed by atoms with Crippen molar-refractivity contribution in [3.8, 4) is 0 Å². The van der Waals surface area contributed by atoms with E-state index >= 15 is 0 Å². The molecule has 0 aliphatic heterocycles. The smallest absolute Gasteiger partial charge is 0.195 e. The highest BCUT2D eigenvalue weighted by atomic mass is 32.1. The van der Waals surface area contributed by atoms with Gasteiger partial charge in [-0.2, -0.15) is 0 Å². The minimum Gasteiger partial charge on any atom is -0.431 e. The Morgan fingerprint density at radius 2 is 1.70 bits per heavy atom. The Morgan fingerprint density at radius 3 is 2.35 bits per heavy atom. The van der Waals surface area contributed by atoms with Crippen molar-refractivity contribution in [2.24, 2.45) is 0 Å². The average Bonchev–Trinajstić information content (AvgIpc) is 2.91. The van der Waals surface area contributed by atoms with E-state index in [1.165, 1.54) is 21.2 Å². The van der Waals surface area contributed by atoms with E-state index in [2.05, 4.69) is 60.0 Å². The predicted molar refractivity (Wildman–Crippen MR) is 89.8 cm³/mol. The summed E-state index contributed by atoms with van der Waals surface area (Å²) >= 11 is 1.73. The van der Waals surface area contributed by atoms with Gasteiger partial charge in [0.2, 0.25) is 0 Å². The van der Waals surface area contributed by atoms with Crippen LogP contribution in [0.15, 0.2) is 60.0 Å². The van der Waals surface area contributed by atoms with Crippen molar-refractivity contribution in [3.63, 3.8) is 0 Å². The molecule has 3 aromatic rings. The van der Waals surface area contributed by atoms with Crippen LogP contribution >= 0.6 is 11.3 Å². The standard InChI is InChI=1S/C17H18OSSi/c1-20(2,18)17(16-8-5-11-19-16)15-10-9-13-6-3-4-7-14(13)12-15/h3-12,17-18H,1-2H3. The third-order valence-corrected chi connectivity index (χ3v) is 6.84. The molecule has 20 heavy (non-hydrogen) atoms. The zero-order chi connectivity index (χ0) is 14.2. The van der Waals surface area contributed by atoms with E-state index in [4.69, 9.17) is 0 Å². The fourth-order valence-electron chi connectivity index (χ4n) is 2.76. The first kappa shape index (κ1) is 13.6. The van der Waals surface area contributed by atoms with Gasteiger partial charge < -0.3 is 4.80 Å². The van der Waals surface area contributed by atoms with Gasteiger partial charge in [0.1, 0.15) is 0 Å². The SMILES string of the molecule is C[Si](C)(O)C(c1ccc2ccccc2c1)c1cccs1. The largest absolute Gasteiger partial charge is 0.431 e. The monoisotopic (exact) mass is 298 g/mol. The Kier molecular flexibility index (Phi) is 3.50. The molecule has 2 aromatic carbocycles. The number of hydrogen-bond donors (Lipinski definition) is 1. The minimum absolute atomic E-state index is 0.145. The van der Waals surface area contributed by atoms with Gasteiger partial charge in [0.25, 0.3) is 0 Å². The lowest BCUT2D eigenvalue weighted by molar-refractivity contribution is 0.538. The Morgan fingerprint density at radius 1 is 0.950 bits per heavy atom. The summed E-state index contributed by atoms with van der Waals surface area (Å²) < 4.78 is 0. The summed E-state index contributed by atoms with van der Waals surface area (Å²) in [5.41, 5.74) is 1.37. The van der Waals surface area contributed by atoms with Crippen LogP contribution in [0.1, 0.15) is 16.0 Å². The van der Waals surface area contributed by atoms with E-state index in [1.807, 2.05) is 13.1 Å². The molecule has 1 N–H and O–H groups in total. The second kappa shape index (κ2) is 5.17. The molecule has 1 nitrogen and oxygen atoms in total. The van der Waals surface area contributed by atoms with Crippen molar-refractivity contribution >= 4 is 30.4 Å². The molecular weight excluding hydrogens is 280 g/mol. The molecule has 0 bridgehead atoms. The molecule has 0 spiro atoms. The van der Waals surface area contributed by atoms with Crippen LogP contribution in [-0.2, 0) is 0 Å². The molecule has 0 aliphatic rings. The molecule has 1 atom stereocenters. The lowest BCUT2D eigenvalue weighted by atomic mass is 10.0. The van der Waals surface area contributed by atoms with Gasteiger partial charge in [-0.25, -0.2) is 0 Å². The molecule has 1 aromatic heterocycles. The Labute approximate surface area is 124 Å². The molecule has 0 aliphatic carbocycles. The van der Waals surface area contributed by atoms with Gasteiger partial charge >= 0.3 is 0 Å². The second-order valence-corrected chi connectivity index (χ2v) is 10.6. The number of benzene rings is 2. The van der Waals surface area contributed by atoms with Crippen LogP contribution in [0.3, 0.4) is 0 Å². The summed E-state index contributed by atoms with van der Waals surface area (Å²) in [6.45, 7) is 4.04. The van der Waals surface area contributed by atoms with Gasteiger partial charge in [0, 0.05) is 10.4 Å². The van der Waals surface area contributed by atoms with Gasteiger partial charge in [-0.1, -0.05) is 48.5 Å². The summed E-state index contributed by atoms with van der Waals surface area (Å²) in [7, 11) is -2.31. The molecule has 1 unspecified atom stereocenters. The number of rotatable bonds is 3. The molecule has 3 heteroatoms. The van der Waals surface area contributed by atoms with Crippen LogP contribution in [0.4, 0.5) is 0 Å². The zero-order valence-corrected chi connectivity index (χ0v) is 13.5. The Balaban J connectivity index is 2.14. The van der Waals surface area contributed by atoms with Crippen LogP contribution < -0.4 is 0 Å². The zero-order valence-electron chi connectivity index (χ0n) is 11.7. The van der Waals surface area contributed by atoms with E-state index in [-0.39, 0.29) is 5.54 Å². The van der Waals surface area contributed by atoms with E-state index in [0.717, 1.165) is 0 Å². The quantitative estimate of drug-likeness (QED) is 0.691. The van der Waals surface area contributed by atoms with Gasteiger partial charge in [-0.15, -0.1) is 11.3 Å². The van der Waals surface area contributed by atoms with E-state index in [1.54, 1.807) is 11.3 Å². The fourth-order valence-corrected chi connectivity index (χ4v) is 6.36. The van der Waals surface area contributed by atoms with Gasteiger partial charge in [0.05, 0.1) is 0 Å². The topological polar surface area (TPSA) is 20.2 Å². The minimum atomic E-state index is -2.31. The maximum Gasteiger partial charge on any atom is 0.195 e. The molecule has 0 saturated carbocycles. The average molecular weight is 298 g/mol. The summed E-state index contributed by atoms with van der Waals surface area (Å²) in [5, 5.41) is 4.58. The third-order valence-electron chi connectivity index (χ3n) is 3.64. The first-order valence-corrected chi connectivity index (χ1v) is 10.7. The molecule has 0 radical (unpaired) electrons.